The van der Waals surface area contributed by atoms with Crippen LogP contribution in [0, 0.1) is 10.8 Å². The summed E-state index contributed by atoms with van der Waals surface area (Å²) < 4.78 is 5.54. The third kappa shape index (κ3) is 2.38. The van der Waals surface area contributed by atoms with Crippen molar-refractivity contribution in [2.45, 2.75) is 58.0 Å². The number of ether oxygens (including phenoxy) is 1. The van der Waals surface area contributed by atoms with E-state index in [1.54, 1.807) is 0 Å². The molecule has 3 nitrogen and oxygen atoms in total. The second kappa shape index (κ2) is 4.52. The minimum absolute atomic E-state index is 0.0413. The Balaban J connectivity index is 2.22. The molecule has 3 heteroatoms. The van der Waals surface area contributed by atoms with Crippen LogP contribution in [0.3, 0.4) is 0 Å². The number of rotatable bonds is 2. The fourth-order valence-electron chi connectivity index (χ4n) is 3.77. The van der Waals surface area contributed by atoms with Gasteiger partial charge in [0.05, 0.1) is 18.8 Å². The van der Waals surface area contributed by atoms with Crippen molar-refractivity contribution in [1.82, 2.24) is 0 Å². The SMILES string of the molecule is CC1(C)CCCC(O)(C2(CO)CCCOC2)C1. The molecule has 0 radical (unpaired) electrons. The van der Waals surface area contributed by atoms with Gasteiger partial charge in [0.15, 0.2) is 0 Å². The zero-order valence-electron chi connectivity index (χ0n) is 11.2. The zero-order chi connectivity index (χ0) is 12.6. The average molecular weight is 242 g/mol. The van der Waals surface area contributed by atoms with Gasteiger partial charge in [-0.1, -0.05) is 20.3 Å². The first-order valence-corrected chi connectivity index (χ1v) is 6.84. The highest BCUT2D eigenvalue weighted by molar-refractivity contribution is 5.04. The van der Waals surface area contributed by atoms with Crippen molar-refractivity contribution in [1.29, 1.82) is 0 Å². The topological polar surface area (TPSA) is 49.7 Å². The third-order valence-electron chi connectivity index (χ3n) is 4.83. The molecular formula is C14H26O3. The van der Waals surface area contributed by atoms with E-state index in [0.717, 1.165) is 45.1 Å². The van der Waals surface area contributed by atoms with Crippen LogP contribution in [-0.4, -0.2) is 35.6 Å². The lowest BCUT2D eigenvalue weighted by molar-refractivity contribution is -0.195. The van der Waals surface area contributed by atoms with E-state index < -0.39 is 11.0 Å². The quantitative estimate of drug-likeness (QED) is 0.779. The smallest absolute Gasteiger partial charge is 0.0752 e. The van der Waals surface area contributed by atoms with Gasteiger partial charge in [-0.15, -0.1) is 0 Å². The molecule has 0 aromatic carbocycles. The summed E-state index contributed by atoms with van der Waals surface area (Å²) in [6, 6.07) is 0. The highest BCUT2D eigenvalue weighted by Crippen LogP contribution is 2.51. The van der Waals surface area contributed by atoms with Crippen LogP contribution >= 0.6 is 0 Å². The van der Waals surface area contributed by atoms with Crippen molar-refractivity contribution < 1.29 is 14.9 Å². The number of hydrogen-bond acceptors (Lipinski definition) is 3. The molecule has 1 aliphatic heterocycles. The minimum Gasteiger partial charge on any atom is -0.396 e. The second-order valence-corrected chi connectivity index (χ2v) is 6.82. The summed E-state index contributed by atoms with van der Waals surface area (Å²) in [5.74, 6) is 0. The Kier molecular flexibility index (Phi) is 3.54. The Hall–Kier alpha value is -0.120. The van der Waals surface area contributed by atoms with Crippen LogP contribution in [0.2, 0.25) is 0 Å². The van der Waals surface area contributed by atoms with Crippen molar-refractivity contribution in [2.75, 3.05) is 19.8 Å². The normalized spacial score (nSPS) is 42.4. The molecule has 0 aromatic rings. The first-order chi connectivity index (χ1) is 7.93. The van der Waals surface area contributed by atoms with Crippen LogP contribution in [0.4, 0.5) is 0 Å². The molecule has 0 aromatic heterocycles. The second-order valence-electron chi connectivity index (χ2n) is 6.82. The zero-order valence-corrected chi connectivity index (χ0v) is 11.2. The fraction of sp³-hybridized carbons (Fsp3) is 1.00. The van der Waals surface area contributed by atoms with Crippen molar-refractivity contribution in [3.05, 3.63) is 0 Å². The van der Waals surface area contributed by atoms with Crippen LogP contribution in [0.25, 0.3) is 0 Å². The van der Waals surface area contributed by atoms with Crippen LogP contribution in [0.5, 0.6) is 0 Å². The summed E-state index contributed by atoms with van der Waals surface area (Å²) >= 11 is 0. The maximum absolute atomic E-state index is 11.0. The van der Waals surface area contributed by atoms with Gasteiger partial charge in [-0.05, 0) is 37.5 Å². The van der Waals surface area contributed by atoms with Gasteiger partial charge in [0, 0.05) is 12.0 Å². The lowest BCUT2D eigenvalue weighted by Gasteiger charge is -2.53. The largest absolute Gasteiger partial charge is 0.396 e. The van der Waals surface area contributed by atoms with Gasteiger partial charge < -0.3 is 14.9 Å². The van der Waals surface area contributed by atoms with E-state index in [2.05, 4.69) is 13.8 Å². The van der Waals surface area contributed by atoms with E-state index in [0.29, 0.717) is 6.61 Å². The molecule has 1 saturated heterocycles. The lowest BCUT2D eigenvalue weighted by Crippen LogP contribution is -2.58. The molecule has 1 aliphatic carbocycles. The third-order valence-corrected chi connectivity index (χ3v) is 4.83. The monoisotopic (exact) mass is 242 g/mol. The van der Waals surface area contributed by atoms with Gasteiger partial charge in [-0.2, -0.15) is 0 Å². The van der Waals surface area contributed by atoms with E-state index in [4.69, 9.17) is 4.74 Å². The molecule has 1 heterocycles. The number of aliphatic hydroxyl groups excluding tert-OH is 1. The van der Waals surface area contributed by atoms with Gasteiger partial charge in [-0.3, -0.25) is 0 Å². The van der Waals surface area contributed by atoms with Gasteiger partial charge in [0.25, 0.3) is 0 Å². The van der Waals surface area contributed by atoms with E-state index in [1.807, 2.05) is 0 Å². The first-order valence-electron chi connectivity index (χ1n) is 6.84. The Morgan fingerprint density at radius 3 is 2.41 bits per heavy atom. The van der Waals surface area contributed by atoms with E-state index in [9.17, 15) is 10.2 Å². The molecule has 100 valence electrons. The van der Waals surface area contributed by atoms with E-state index in [-0.39, 0.29) is 12.0 Å². The van der Waals surface area contributed by atoms with Crippen LogP contribution in [0.1, 0.15) is 52.4 Å². The highest BCUT2D eigenvalue weighted by atomic mass is 16.5. The predicted molar refractivity (Wildman–Crippen MR) is 66.8 cm³/mol. The van der Waals surface area contributed by atoms with Gasteiger partial charge in [0.2, 0.25) is 0 Å². The highest BCUT2D eigenvalue weighted by Gasteiger charge is 2.54. The van der Waals surface area contributed by atoms with Gasteiger partial charge in [-0.25, -0.2) is 0 Å². The Labute approximate surface area is 104 Å². The maximum atomic E-state index is 11.0. The van der Waals surface area contributed by atoms with Crippen molar-refractivity contribution in [3.63, 3.8) is 0 Å². The molecule has 17 heavy (non-hydrogen) atoms. The van der Waals surface area contributed by atoms with E-state index in [1.165, 1.54) is 0 Å². The molecule has 2 N–H and O–H groups in total. The lowest BCUT2D eigenvalue weighted by atomic mass is 9.58. The summed E-state index contributed by atoms with van der Waals surface area (Å²) in [6.45, 7) is 5.74. The first kappa shape index (κ1) is 13.3. The molecule has 2 aliphatic rings. The van der Waals surface area contributed by atoms with Crippen molar-refractivity contribution in [2.24, 2.45) is 10.8 Å². The van der Waals surface area contributed by atoms with Gasteiger partial charge >= 0.3 is 0 Å². The summed E-state index contributed by atoms with van der Waals surface area (Å²) in [5, 5.41) is 20.8. The van der Waals surface area contributed by atoms with Crippen molar-refractivity contribution in [3.8, 4) is 0 Å². The maximum Gasteiger partial charge on any atom is 0.0752 e. The van der Waals surface area contributed by atoms with E-state index >= 15 is 0 Å². The molecule has 0 amide bonds. The standard InChI is InChI=1S/C14H26O3/c1-12(2)5-3-7-14(16,9-12)13(10-15)6-4-8-17-11-13/h15-16H,3-11H2,1-2H3. The summed E-state index contributed by atoms with van der Waals surface area (Å²) in [4.78, 5) is 0. The molecule has 0 spiro atoms. The summed E-state index contributed by atoms with van der Waals surface area (Å²) in [7, 11) is 0. The van der Waals surface area contributed by atoms with Crippen molar-refractivity contribution >= 4 is 0 Å². The molecule has 2 rings (SSSR count). The molecule has 0 bridgehead atoms. The molecule has 2 fully saturated rings. The number of hydrogen-bond donors (Lipinski definition) is 2. The minimum atomic E-state index is -0.746. The number of aliphatic hydroxyl groups is 2. The Morgan fingerprint density at radius 1 is 1.12 bits per heavy atom. The molecule has 2 unspecified atom stereocenters. The fourth-order valence-corrected chi connectivity index (χ4v) is 3.77. The van der Waals surface area contributed by atoms with Crippen LogP contribution in [0.15, 0.2) is 0 Å². The summed E-state index contributed by atoms with van der Waals surface area (Å²) in [5.41, 5.74) is -1.00. The average Bonchev–Trinajstić information content (AvgIpc) is 2.28. The predicted octanol–water partition coefficient (Wildman–Crippen LogP) is 2.11. The Bertz CT molecular complexity index is 269. The summed E-state index contributed by atoms with van der Waals surface area (Å²) in [6.07, 6.45) is 5.63. The Morgan fingerprint density at radius 2 is 1.88 bits per heavy atom. The van der Waals surface area contributed by atoms with Gasteiger partial charge in [0.1, 0.15) is 0 Å². The molecular weight excluding hydrogens is 216 g/mol. The molecule has 1 saturated carbocycles. The van der Waals surface area contributed by atoms with Crippen LogP contribution < -0.4 is 0 Å². The van der Waals surface area contributed by atoms with Crippen LogP contribution in [-0.2, 0) is 4.74 Å². The molecule has 2 atom stereocenters.